The fourth-order valence-electron chi connectivity index (χ4n) is 2.31. The molecule has 0 bridgehead atoms. The maximum atomic E-state index is 8.98. The van der Waals surface area contributed by atoms with Crippen molar-refractivity contribution in [1.82, 2.24) is 5.32 Å². The molecule has 2 N–H and O–H groups in total. The summed E-state index contributed by atoms with van der Waals surface area (Å²) in [5, 5.41) is 12.4. The zero-order chi connectivity index (χ0) is 14.3. The van der Waals surface area contributed by atoms with Gasteiger partial charge in [0.25, 0.3) is 0 Å². The molecule has 1 rings (SSSR count). The van der Waals surface area contributed by atoms with Gasteiger partial charge in [0.15, 0.2) is 0 Å². The maximum absolute atomic E-state index is 8.98. The Labute approximate surface area is 117 Å². The lowest BCUT2D eigenvalue weighted by Gasteiger charge is -2.29. The van der Waals surface area contributed by atoms with E-state index in [1.54, 1.807) is 0 Å². The van der Waals surface area contributed by atoms with Gasteiger partial charge in [-0.1, -0.05) is 19.1 Å². The summed E-state index contributed by atoms with van der Waals surface area (Å²) in [6, 6.07) is 9.59. The molecule has 1 atom stereocenters. The average Bonchev–Trinajstić information content (AvgIpc) is 2.40. The van der Waals surface area contributed by atoms with Gasteiger partial charge in [-0.05, 0) is 51.4 Å². The minimum absolute atomic E-state index is 0.249. The number of anilines is 1. The molecule has 0 aliphatic rings. The van der Waals surface area contributed by atoms with Gasteiger partial charge < -0.3 is 15.3 Å². The van der Waals surface area contributed by atoms with Crippen LogP contribution >= 0.6 is 0 Å². The number of benzene rings is 1. The molecule has 1 aromatic carbocycles. The zero-order valence-electron chi connectivity index (χ0n) is 12.7. The van der Waals surface area contributed by atoms with Gasteiger partial charge in [-0.2, -0.15) is 0 Å². The van der Waals surface area contributed by atoms with E-state index in [1.165, 1.54) is 11.3 Å². The van der Waals surface area contributed by atoms with E-state index in [1.807, 2.05) is 0 Å². The summed E-state index contributed by atoms with van der Waals surface area (Å²) >= 11 is 0. The lowest BCUT2D eigenvalue weighted by atomic mass is 10.1. The van der Waals surface area contributed by atoms with Crippen LogP contribution < -0.4 is 10.2 Å². The number of hydrogen-bond acceptors (Lipinski definition) is 3. The molecule has 0 saturated carbocycles. The van der Waals surface area contributed by atoms with E-state index >= 15 is 0 Å². The summed E-state index contributed by atoms with van der Waals surface area (Å²) in [4.78, 5) is 2.33. The summed E-state index contributed by atoms with van der Waals surface area (Å²) in [6.07, 6.45) is 0.813. The van der Waals surface area contributed by atoms with E-state index in [4.69, 9.17) is 5.11 Å². The van der Waals surface area contributed by atoms with Gasteiger partial charge in [0.2, 0.25) is 0 Å². The summed E-state index contributed by atoms with van der Waals surface area (Å²) in [5.74, 6) is 0. The molecule has 3 heteroatoms. The summed E-state index contributed by atoms with van der Waals surface area (Å²) in [5.41, 5.74) is 2.55. The van der Waals surface area contributed by atoms with Crippen LogP contribution in [-0.4, -0.2) is 30.8 Å². The van der Waals surface area contributed by atoms with Gasteiger partial charge in [-0.15, -0.1) is 0 Å². The predicted octanol–water partition coefficient (Wildman–Crippen LogP) is 2.95. The zero-order valence-corrected chi connectivity index (χ0v) is 12.7. The summed E-state index contributed by atoms with van der Waals surface area (Å²) in [6.45, 7) is 10.8. The SMILES string of the molecule is CCNC(C)c1ccc(N(CCCO)C(C)C)cc1. The molecule has 0 aliphatic heterocycles. The Hall–Kier alpha value is -1.06. The van der Waals surface area contributed by atoms with Crippen molar-refractivity contribution < 1.29 is 5.11 Å². The van der Waals surface area contributed by atoms with E-state index in [-0.39, 0.29) is 6.61 Å². The van der Waals surface area contributed by atoms with E-state index in [0.29, 0.717) is 12.1 Å². The highest BCUT2D eigenvalue weighted by atomic mass is 16.3. The van der Waals surface area contributed by atoms with Gasteiger partial charge in [0.1, 0.15) is 0 Å². The van der Waals surface area contributed by atoms with Crippen LogP contribution in [0.3, 0.4) is 0 Å². The van der Waals surface area contributed by atoms with Crippen LogP contribution in [0.4, 0.5) is 5.69 Å². The standard InChI is InChI=1S/C16H28N2O/c1-5-17-14(4)15-7-9-16(10-8-15)18(13(2)3)11-6-12-19/h7-10,13-14,17,19H,5-6,11-12H2,1-4H3. The Kier molecular flexibility index (Phi) is 6.89. The number of rotatable bonds is 8. The Morgan fingerprint density at radius 1 is 1.16 bits per heavy atom. The molecule has 0 amide bonds. The minimum atomic E-state index is 0.249. The highest BCUT2D eigenvalue weighted by Crippen LogP contribution is 2.21. The van der Waals surface area contributed by atoms with Crippen molar-refractivity contribution in [3.05, 3.63) is 29.8 Å². The van der Waals surface area contributed by atoms with Gasteiger partial charge in [0, 0.05) is 30.9 Å². The Bertz CT molecular complexity index is 348. The monoisotopic (exact) mass is 264 g/mol. The number of hydrogen-bond donors (Lipinski definition) is 2. The third kappa shape index (κ3) is 4.84. The van der Waals surface area contributed by atoms with Crippen molar-refractivity contribution in [2.75, 3.05) is 24.6 Å². The second kappa shape index (κ2) is 8.18. The number of aliphatic hydroxyl groups excluding tert-OH is 1. The normalized spacial score (nSPS) is 12.7. The molecule has 0 heterocycles. The van der Waals surface area contributed by atoms with Crippen LogP contribution in [0.15, 0.2) is 24.3 Å². The molecule has 0 saturated heterocycles. The molecule has 0 aromatic heterocycles. The van der Waals surface area contributed by atoms with Crippen molar-refractivity contribution in [2.24, 2.45) is 0 Å². The van der Waals surface area contributed by atoms with Crippen LogP contribution in [0.1, 0.15) is 45.7 Å². The summed E-state index contributed by atoms with van der Waals surface area (Å²) in [7, 11) is 0. The molecule has 3 nitrogen and oxygen atoms in total. The summed E-state index contributed by atoms with van der Waals surface area (Å²) < 4.78 is 0. The molecule has 0 fully saturated rings. The molecule has 1 unspecified atom stereocenters. The molecule has 0 aliphatic carbocycles. The van der Waals surface area contributed by atoms with Gasteiger partial charge in [0.05, 0.1) is 0 Å². The van der Waals surface area contributed by atoms with Crippen molar-refractivity contribution in [3.63, 3.8) is 0 Å². The molecule has 1 aromatic rings. The second-order valence-electron chi connectivity index (χ2n) is 5.24. The first-order valence-electron chi connectivity index (χ1n) is 7.31. The highest BCUT2D eigenvalue weighted by Gasteiger charge is 2.11. The van der Waals surface area contributed by atoms with Gasteiger partial charge >= 0.3 is 0 Å². The molecular formula is C16H28N2O. The third-order valence-corrected chi connectivity index (χ3v) is 3.42. The van der Waals surface area contributed by atoms with Crippen molar-refractivity contribution in [2.45, 2.75) is 46.2 Å². The second-order valence-corrected chi connectivity index (χ2v) is 5.24. The molecular weight excluding hydrogens is 236 g/mol. The largest absolute Gasteiger partial charge is 0.396 e. The first-order valence-corrected chi connectivity index (χ1v) is 7.31. The van der Waals surface area contributed by atoms with Gasteiger partial charge in [-0.3, -0.25) is 0 Å². The molecule has 108 valence electrons. The maximum Gasteiger partial charge on any atom is 0.0447 e. The van der Waals surface area contributed by atoms with Crippen molar-refractivity contribution in [1.29, 1.82) is 0 Å². The van der Waals surface area contributed by atoms with Crippen LogP contribution in [0.2, 0.25) is 0 Å². The van der Waals surface area contributed by atoms with Crippen LogP contribution in [0, 0.1) is 0 Å². The lowest BCUT2D eigenvalue weighted by molar-refractivity contribution is 0.288. The van der Waals surface area contributed by atoms with Crippen molar-refractivity contribution in [3.8, 4) is 0 Å². The highest BCUT2D eigenvalue weighted by molar-refractivity contribution is 5.48. The number of aliphatic hydroxyl groups is 1. The number of nitrogens with one attached hydrogen (secondary N) is 1. The number of nitrogens with zero attached hydrogens (tertiary/aromatic N) is 1. The third-order valence-electron chi connectivity index (χ3n) is 3.42. The first-order chi connectivity index (χ1) is 9.10. The van der Waals surface area contributed by atoms with Crippen LogP contribution in [0.5, 0.6) is 0 Å². The average molecular weight is 264 g/mol. The smallest absolute Gasteiger partial charge is 0.0447 e. The molecule has 19 heavy (non-hydrogen) atoms. The Balaban J connectivity index is 2.77. The van der Waals surface area contributed by atoms with E-state index in [0.717, 1.165) is 19.5 Å². The fourth-order valence-corrected chi connectivity index (χ4v) is 2.31. The first kappa shape index (κ1) is 16.0. The van der Waals surface area contributed by atoms with E-state index in [9.17, 15) is 0 Å². The molecule has 0 spiro atoms. The van der Waals surface area contributed by atoms with E-state index in [2.05, 4.69) is 62.2 Å². The van der Waals surface area contributed by atoms with Crippen LogP contribution in [-0.2, 0) is 0 Å². The Morgan fingerprint density at radius 3 is 2.26 bits per heavy atom. The Morgan fingerprint density at radius 2 is 1.79 bits per heavy atom. The quantitative estimate of drug-likeness (QED) is 0.758. The molecule has 0 radical (unpaired) electrons. The van der Waals surface area contributed by atoms with Gasteiger partial charge in [-0.25, -0.2) is 0 Å². The fraction of sp³-hybridized carbons (Fsp3) is 0.625. The van der Waals surface area contributed by atoms with Crippen molar-refractivity contribution >= 4 is 5.69 Å². The topological polar surface area (TPSA) is 35.5 Å². The lowest BCUT2D eigenvalue weighted by Crippen LogP contribution is -2.32. The minimum Gasteiger partial charge on any atom is -0.396 e. The predicted molar refractivity (Wildman–Crippen MR) is 82.7 cm³/mol. The van der Waals surface area contributed by atoms with Crippen LogP contribution in [0.25, 0.3) is 0 Å². The van der Waals surface area contributed by atoms with E-state index < -0.39 is 0 Å².